The standard InChI is InChI=1S/C24H28N4O3S2/c1-15-9-10-20-26-21(25-16-6-3-2-4-7-16)18(22(29)27(20)13-15)12-19-23(30)28(24(32)33-19)14-17-8-5-11-31-17/h9-10,12-13,16-17,25H,2-8,11,14H2,1H3/b19-12+. The predicted molar refractivity (Wildman–Crippen MR) is 136 cm³/mol. The van der Waals surface area contributed by atoms with Gasteiger partial charge in [-0.15, -0.1) is 0 Å². The van der Waals surface area contributed by atoms with E-state index < -0.39 is 0 Å². The van der Waals surface area contributed by atoms with Crippen molar-refractivity contribution in [3.8, 4) is 0 Å². The SMILES string of the molecule is Cc1ccc2nc(NC3CCCCC3)c(/C=C3/SC(=S)N(CC4CCCO4)C3=O)c(=O)n2c1. The molecule has 0 spiro atoms. The van der Waals surface area contributed by atoms with E-state index in [4.69, 9.17) is 21.9 Å². The number of aromatic nitrogens is 2. The molecule has 2 aromatic heterocycles. The summed E-state index contributed by atoms with van der Waals surface area (Å²) < 4.78 is 7.76. The first-order valence-electron chi connectivity index (χ1n) is 11.7. The fourth-order valence-corrected chi connectivity index (χ4v) is 5.98. The third-order valence-electron chi connectivity index (χ3n) is 6.51. The summed E-state index contributed by atoms with van der Waals surface area (Å²) in [4.78, 5) is 33.6. The van der Waals surface area contributed by atoms with Gasteiger partial charge >= 0.3 is 0 Å². The van der Waals surface area contributed by atoms with Crippen LogP contribution in [0.15, 0.2) is 28.0 Å². The molecule has 1 amide bonds. The van der Waals surface area contributed by atoms with Crippen LogP contribution in [0.5, 0.6) is 0 Å². The van der Waals surface area contributed by atoms with Crippen molar-refractivity contribution in [2.24, 2.45) is 0 Å². The van der Waals surface area contributed by atoms with E-state index in [1.165, 1.54) is 31.0 Å². The number of carbonyl (C=O) groups is 1. The fourth-order valence-electron chi connectivity index (χ4n) is 4.72. The second-order valence-electron chi connectivity index (χ2n) is 9.02. The van der Waals surface area contributed by atoms with E-state index in [1.54, 1.807) is 21.6 Å². The number of thioether (sulfide) groups is 1. The lowest BCUT2D eigenvalue weighted by Gasteiger charge is -2.24. The Morgan fingerprint density at radius 1 is 1.21 bits per heavy atom. The topological polar surface area (TPSA) is 75.9 Å². The minimum absolute atomic E-state index is 0.0197. The van der Waals surface area contributed by atoms with E-state index >= 15 is 0 Å². The summed E-state index contributed by atoms with van der Waals surface area (Å²) in [5.74, 6) is 0.373. The summed E-state index contributed by atoms with van der Waals surface area (Å²) in [6, 6.07) is 4.08. The van der Waals surface area contributed by atoms with Crippen LogP contribution in [-0.2, 0) is 9.53 Å². The molecule has 2 aromatic rings. The highest BCUT2D eigenvalue weighted by atomic mass is 32.2. The Bertz CT molecular complexity index is 1180. The first kappa shape index (κ1) is 22.6. The highest BCUT2D eigenvalue weighted by Gasteiger charge is 2.35. The van der Waals surface area contributed by atoms with E-state index in [1.807, 2.05) is 19.1 Å². The molecular weight excluding hydrogens is 456 g/mol. The van der Waals surface area contributed by atoms with Crippen LogP contribution in [-0.4, -0.2) is 49.8 Å². The molecule has 2 aliphatic heterocycles. The summed E-state index contributed by atoms with van der Waals surface area (Å²) >= 11 is 6.73. The van der Waals surface area contributed by atoms with Crippen LogP contribution in [0.25, 0.3) is 11.7 Å². The second kappa shape index (κ2) is 9.56. The Hall–Kier alpha value is -2.23. The molecule has 2 saturated heterocycles. The van der Waals surface area contributed by atoms with Gasteiger partial charge in [0.2, 0.25) is 0 Å². The summed E-state index contributed by atoms with van der Waals surface area (Å²) in [7, 11) is 0. The van der Waals surface area contributed by atoms with Crippen molar-refractivity contribution in [2.75, 3.05) is 18.5 Å². The van der Waals surface area contributed by atoms with E-state index in [0.717, 1.165) is 37.9 Å². The molecule has 3 aliphatic rings. The summed E-state index contributed by atoms with van der Waals surface area (Å²) in [6.45, 7) is 3.13. The number of anilines is 1. The van der Waals surface area contributed by atoms with Crippen molar-refractivity contribution < 1.29 is 9.53 Å². The number of fused-ring (bicyclic) bond motifs is 1. The van der Waals surface area contributed by atoms with Gasteiger partial charge in [0, 0.05) is 18.8 Å². The van der Waals surface area contributed by atoms with Crippen molar-refractivity contribution in [1.82, 2.24) is 14.3 Å². The van der Waals surface area contributed by atoms with Gasteiger partial charge < -0.3 is 10.1 Å². The molecule has 9 heteroatoms. The molecule has 1 atom stereocenters. The van der Waals surface area contributed by atoms with E-state index in [2.05, 4.69) is 5.32 Å². The molecule has 5 rings (SSSR count). The highest BCUT2D eigenvalue weighted by Crippen LogP contribution is 2.34. The maximum atomic E-state index is 13.5. The van der Waals surface area contributed by atoms with Crippen LogP contribution in [0.1, 0.15) is 56.1 Å². The molecule has 1 N–H and O–H groups in total. The number of hydrogen-bond acceptors (Lipinski definition) is 7. The van der Waals surface area contributed by atoms with Crippen molar-refractivity contribution in [2.45, 2.75) is 64.0 Å². The molecule has 33 heavy (non-hydrogen) atoms. The van der Waals surface area contributed by atoms with Gasteiger partial charge in [-0.3, -0.25) is 18.9 Å². The number of nitrogens with one attached hydrogen (secondary N) is 1. The van der Waals surface area contributed by atoms with Gasteiger partial charge in [0.05, 0.1) is 23.1 Å². The molecule has 1 aliphatic carbocycles. The van der Waals surface area contributed by atoms with Crippen LogP contribution >= 0.6 is 24.0 Å². The summed E-state index contributed by atoms with van der Waals surface area (Å²) in [5.41, 5.74) is 1.77. The zero-order valence-electron chi connectivity index (χ0n) is 18.7. The van der Waals surface area contributed by atoms with Gasteiger partial charge in [0.15, 0.2) is 0 Å². The van der Waals surface area contributed by atoms with Gasteiger partial charge in [-0.2, -0.15) is 0 Å². The van der Waals surface area contributed by atoms with Crippen molar-refractivity contribution >= 4 is 51.7 Å². The normalized spacial score (nSPS) is 23.2. The van der Waals surface area contributed by atoms with Gasteiger partial charge in [-0.05, 0) is 50.3 Å². The largest absolute Gasteiger partial charge is 0.376 e. The maximum Gasteiger partial charge on any atom is 0.267 e. The number of pyridine rings is 1. The van der Waals surface area contributed by atoms with Crippen molar-refractivity contribution in [3.63, 3.8) is 0 Å². The lowest BCUT2D eigenvalue weighted by atomic mass is 9.95. The quantitative estimate of drug-likeness (QED) is 0.505. The Labute approximate surface area is 202 Å². The number of amides is 1. The molecule has 1 unspecified atom stereocenters. The van der Waals surface area contributed by atoms with Gasteiger partial charge in [-0.25, -0.2) is 4.98 Å². The van der Waals surface area contributed by atoms with Crippen LogP contribution in [0.2, 0.25) is 0 Å². The third-order valence-corrected chi connectivity index (χ3v) is 7.89. The van der Waals surface area contributed by atoms with Crippen LogP contribution in [0, 0.1) is 6.92 Å². The number of nitrogens with zero attached hydrogens (tertiary/aromatic N) is 3. The predicted octanol–water partition coefficient (Wildman–Crippen LogP) is 4.13. The average Bonchev–Trinajstić information content (AvgIpc) is 3.42. The molecule has 0 radical (unpaired) electrons. The Morgan fingerprint density at radius 3 is 2.79 bits per heavy atom. The lowest BCUT2D eigenvalue weighted by Crippen LogP contribution is -2.35. The molecular formula is C24H28N4O3S2. The number of hydrogen-bond donors (Lipinski definition) is 1. The number of thiocarbonyl (C=S) groups is 1. The molecule has 7 nitrogen and oxygen atoms in total. The van der Waals surface area contributed by atoms with Gasteiger partial charge in [-0.1, -0.05) is 49.3 Å². The zero-order chi connectivity index (χ0) is 22.9. The van der Waals surface area contributed by atoms with Gasteiger partial charge in [0.1, 0.15) is 15.8 Å². The molecule has 1 saturated carbocycles. The Morgan fingerprint density at radius 2 is 2.03 bits per heavy atom. The van der Waals surface area contributed by atoms with Crippen LogP contribution in [0.4, 0.5) is 5.82 Å². The van der Waals surface area contributed by atoms with E-state index in [0.29, 0.717) is 32.8 Å². The van der Waals surface area contributed by atoms with Crippen LogP contribution < -0.4 is 10.9 Å². The van der Waals surface area contributed by atoms with Gasteiger partial charge in [0.25, 0.3) is 11.5 Å². The monoisotopic (exact) mass is 484 g/mol. The smallest absolute Gasteiger partial charge is 0.267 e. The second-order valence-corrected chi connectivity index (χ2v) is 10.7. The zero-order valence-corrected chi connectivity index (χ0v) is 20.3. The minimum Gasteiger partial charge on any atom is -0.376 e. The molecule has 3 fully saturated rings. The van der Waals surface area contributed by atoms with Crippen LogP contribution in [0.3, 0.4) is 0 Å². The lowest BCUT2D eigenvalue weighted by molar-refractivity contribution is -0.123. The summed E-state index contributed by atoms with van der Waals surface area (Å²) in [6.07, 6.45) is 11.1. The molecule has 4 heterocycles. The van der Waals surface area contributed by atoms with E-state index in [9.17, 15) is 9.59 Å². The third kappa shape index (κ3) is 4.72. The number of aryl methyl sites for hydroxylation is 1. The Kier molecular flexibility index (Phi) is 6.53. The average molecular weight is 485 g/mol. The fraction of sp³-hybridized carbons (Fsp3) is 0.500. The Balaban J connectivity index is 1.52. The first-order valence-corrected chi connectivity index (χ1v) is 12.9. The number of carbonyl (C=O) groups excluding carboxylic acids is 1. The summed E-state index contributed by atoms with van der Waals surface area (Å²) in [5, 5.41) is 3.51. The molecule has 174 valence electrons. The van der Waals surface area contributed by atoms with E-state index in [-0.39, 0.29) is 23.6 Å². The van der Waals surface area contributed by atoms with Crippen molar-refractivity contribution in [1.29, 1.82) is 0 Å². The van der Waals surface area contributed by atoms with Crippen molar-refractivity contribution in [3.05, 3.63) is 44.7 Å². The maximum absolute atomic E-state index is 13.5. The highest BCUT2D eigenvalue weighted by molar-refractivity contribution is 8.26. The molecule has 0 bridgehead atoms. The first-order chi connectivity index (χ1) is 16.0. The number of rotatable bonds is 5. The molecule has 0 aromatic carbocycles. The minimum atomic E-state index is -0.189. The number of ether oxygens (including phenoxy) is 1.